The summed E-state index contributed by atoms with van der Waals surface area (Å²) in [6.45, 7) is 3.44. The second-order valence-corrected chi connectivity index (χ2v) is 7.48. The predicted octanol–water partition coefficient (Wildman–Crippen LogP) is 2.86. The highest BCUT2D eigenvalue weighted by Gasteiger charge is 2.39. The highest BCUT2D eigenvalue weighted by atomic mass is 19.1. The van der Waals surface area contributed by atoms with Gasteiger partial charge in [-0.1, -0.05) is 12.1 Å². The van der Waals surface area contributed by atoms with E-state index in [0.717, 1.165) is 12.8 Å². The Morgan fingerprint density at radius 3 is 2.61 bits per heavy atom. The zero-order valence-electron chi connectivity index (χ0n) is 15.6. The number of hydrogen-bond donors (Lipinski definition) is 3. The number of amides is 1. The lowest BCUT2D eigenvalue weighted by Gasteiger charge is -2.17. The summed E-state index contributed by atoms with van der Waals surface area (Å²) in [5, 5.41) is 13.8. The van der Waals surface area contributed by atoms with E-state index in [4.69, 9.17) is 10.2 Å². The summed E-state index contributed by atoms with van der Waals surface area (Å²) in [7, 11) is 0. The molecule has 2 heterocycles. The molecule has 28 heavy (non-hydrogen) atoms. The Kier molecular flexibility index (Phi) is 4.30. The van der Waals surface area contributed by atoms with E-state index < -0.39 is 11.8 Å². The predicted molar refractivity (Wildman–Crippen MR) is 102 cm³/mol. The van der Waals surface area contributed by atoms with Crippen LogP contribution in [0.5, 0.6) is 0 Å². The number of carbonyl (C=O) groups excluding carboxylic acids is 1. The first-order chi connectivity index (χ1) is 13.3. The van der Waals surface area contributed by atoms with Crippen molar-refractivity contribution in [3.05, 3.63) is 52.8 Å². The van der Waals surface area contributed by atoms with Crippen LogP contribution in [0.2, 0.25) is 0 Å². The van der Waals surface area contributed by atoms with Gasteiger partial charge in [0.2, 0.25) is 5.71 Å². The minimum Gasteiger partial charge on any atom is -0.442 e. The van der Waals surface area contributed by atoms with Crippen molar-refractivity contribution in [1.82, 2.24) is 9.97 Å². The van der Waals surface area contributed by atoms with Crippen molar-refractivity contribution in [2.45, 2.75) is 38.1 Å². The molecule has 1 aliphatic carbocycles. The molecule has 0 saturated heterocycles. The summed E-state index contributed by atoms with van der Waals surface area (Å²) in [6.07, 6.45) is 1.94. The Balaban J connectivity index is 1.89. The maximum atomic E-state index is 13.3. The van der Waals surface area contributed by atoms with Crippen molar-refractivity contribution in [3.63, 3.8) is 0 Å². The summed E-state index contributed by atoms with van der Waals surface area (Å²) in [4.78, 5) is 21.0. The number of furan rings is 1. The van der Waals surface area contributed by atoms with Gasteiger partial charge in [0.1, 0.15) is 23.2 Å². The normalized spacial score (nSPS) is 16.1. The molecule has 4 N–H and O–H groups in total. The van der Waals surface area contributed by atoms with Gasteiger partial charge in [-0.15, -0.1) is 0 Å². The first-order valence-corrected chi connectivity index (χ1v) is 9.06. The Morgan fingerprint density at radius 2 is 2.04 bits per heavy atom. The van der Waals surface area contributed by atoms with Gasteiger partial charge in [-0.25, -0.2) is 9.37 Å². The molecule has 146 valence electrons. The fourth-order valence-electron chi connectivity index (χ4n) is 3.30. The Hall–Kier alpha value is -3.00. The van der Waals surface area contributed by atoms with Gasteiger partial charge >= 0.3 is 0 Å². The largest absolute Gasteiger partial charge is 0.442 e. The summed E-state index contributed by atoms with van der Waals surface area (Å²) in [5.41, 5.74) is 6.57. The molecule has 7 nitrogen and oxygen atoms in total. The number of nitrogens with zero attached hydrogens (tertiary/aromatic N) is 2. The number of benzene rings is 1. The quantitative estimate of drug-likeness (QED) is 0.602. The van der Waals surface area contributed by atoms with E-state index in [-0.39, 0.29) is 29.2 Å². The Bertz CT molecular complexity index is 1060. The number of nitrogens with two attached hydrogens (primary N) is 1. The molecule has 4 rings (SSSR count). The SMILES string of the molecule is Cc1oc2nc(C(CO)c3ccc(F)cc3)nc(NC3(C)CC3)c2c1C(N)=O. The van der Waals surface area contributed by atoms with Gasteiger partial charge in [0.05, 0.1) is 23.5 Å². The first kappa shape index (κ1) is 18.4. The summed E-state index contributed by atoms with van der Waals surface area (Å²) in [5.74, 6) is -0.424. The maximum absolute atomic E-state index is 13.3. The third kappa shape index (κ3) is 3.20. The average Bonchev–Trinajstić information content (AvgIpc) is 3.25. The van der Waals surface area contributed by atoms with E-state index in [1.165, 1.54) is 12.1 Å². The standard InChI is InChI=1S/C20H21FN4O3/c1-10-14(16(22)27)15-18(25-20(2)7-8-20)23-17(24-19(15)28-10)13(9-26)11-3-5-12(21)6-4-11/h3-6,13,26H,7-9H2,1-2H3,(H2,22,27)(H,23,24,25). The van der Waals surface area contributed by atoms with Crippen LogP contribution in [0.25, 0.3) is 11.1 Å². The van der Waals surface area contributed by atoms with Crippen LogP contribution in [0.1, 0.15) is 53.2 Å². The molecule has 0 radical (unpaired) electrons. The fraction of sp³-hybridized carbons (Fsp3) is 0.350. The van der Waals surface area contributed by atoms with Gasteiger partial charge < -0.3 is 20.6 Å². The molecule has 2 aromatic heterocycles. The Labute approximate surface area is 160 Å². The lowest BCUT2D eigenvalue weighted by Crippen LogP contribution is -2.20. The number of anilines is 1. The van der Waals surface area contributed by atoms with Gasteiger partial charge in [-0.2, -0.15) is 4.98 Å². The molecule has 1 aromatic carbocycles. The molecule has 1 atom stereocenters. The van der Waals surface area contributed by atoms with Crippen LogP contribution in [0, 0.1) is 12.7 Å². The van der Waals surface area contributed by atoms with Crippen LogP contribution >= 0.6 is 0 Å². The van der Waals surface area contributed by atoms with Gasteiger partial charge in [0, 0.05) is 5.54 Å². The van der Waals surface area contributed by atoms with Crippen molar-refractivity contribution in [3.8, 4) is 0 Å². The van der Waals surface area contributed by atoms with Crippen molar-refractivity contribution in [2.75, 3.05) is 11.9 Å². The minimum absolute atomic E-state index is 0.122. The van der Waals surface area contributed by atoms with Crippen LogP contribution in [0.4, 0.5) is 10.2 Å². The number of aromatic nitrogens is 2. The smallest absolute Gasteiger partial charge is 0.253 e. The third-order valence-corrected chi connectivity index (χ3v) is 5.18. The van der Waals surface area contributed by atoms with Gasteiger partial charge in [0.15, 0.2) is 0 Å². The molecule has 1 saturated carbocycles. The van der Waals surface area contributed by atoms with Crippen molar-refractivity contribution in [2.24, 2.45) is 5.73 Å². The van der Waals surface area contributed by atoms with E-state index >= 15 is 0 Å². The number of aryl methyl sites for hydroxylation is 1. The number of aliphatic hydroxyl groups excluding tert-OH is 1. The third-order valence-electron chi connectivity index (χ3n) is 5.18. The number of hydrogen-bond acceptors (Lipinski definition) is 6. The topological polar surface area (TPSA) is 114 Å². The van der Waals surface area contributed by atoms with Crippen molar-refractivity contribution >= 4 is 22.8 Å². The minimum atomic E-state index is -0.617. The van der Waals surface area contributed by atoms with E-state index in [2.05, 4.69) is 22.2 Å². The molecule has 1 unspecified atom stereocenters. The number of nitrogens with one attached hydrogen (secondary N) is 1. The van der Waals surface area contributed by atoms with Crippen LogP contribution in [0.15, 0.2) is 28.7 Å². The molecule has 1 aliphatic rings. The maximum Gasteiger partial charge on any atom is 0.253 e. The molecule has 1 fully saturated rings. The van der Waals surface area contributed by atoms with Crippen molar-refractivity contribution < 1.29 is 18.7 Å². The molecular weight excluding hydrogens is 363 g/mol. The molecule has 1 amide bonds. The van der Waals surface area contributed by atoms with Crippen LogP contribution < -0.4 is 11.1 Å². The monoisotopic (exact) mass is 384 g/mol. The molecule has 0 spiro atoms. The molecule has 8 heteroatoms. The van der Waals surface area contributed by atoms with E-state index in [9.17, 15) is 14.3 Å². The van der Waals surface area contributed by atoms with Crippen LogP contribution in [0.3, 0.4) is 0 Å². The number of rotatable bonds is 6. The van der Waals surface area contributed by atoms with Gasteiger partial charge in [0.25, 0.3) is 5.91 Å². The molecular formula is C20H21FN4O3. The van der Waals surface area contributed by atoms with E-state index in [1.54, 1.807) is 19.1 Å². The summed E-state index contributed by atoms with van der Waals surface area (Å²) >= 11 is 0. The molecule has 0 bridgehead atoms. The number of carbonyl (C=O) groups is 1. The van der Waals surface area contributed by atoms with Gasteiger partial charge in [-0.3, -0.25) is 4.79 Å². The number of halogens is 1. The number of primary amides is 1. The molecule has 0 aliphatic heterocycles. The van der Waals surface area contributed by atoms with E-state index in [0.29, 0.717) is 28.4 Å². The zero-order chi connectivity index (χ0) is 20.1. The number of aliphatic hydroxyl groups is 1. The first-order valence-electron chi connectivity index (χ1n) is 9.06. The van der Waals surface area contributed by atoms with Crippen molar-refractivity contribution in [1.29, 1.82) is 0 Å². The fourth-order valence-corrected chi connectivity index (χ4v) is 3.30. The lowest BCUT2D eigenvalue weighted by molar-refractivity contribution is 0.1000. The molecule has 3 aromatic rings. The summed E-state index contributed by atoms with van der Waals surface area (Å²) < 4.78 is 19.0. The highest BCUT2D eigenvalue weighted by Crippen LogP contribution is 2.41. The second-order valence-electron chi connectivity index (χ2n) is 7.48. The zero-order valence-corrected chi connectivity index (χ0v) is 15.6. The summed E-state index contributed by atoms with van der Waals surface area (Å²) in [6, 6.07) is 5.81. The van der Waals surface area contributed by atoms with Crippen LogP contribution in [-0.2, 0) is 0 Å². The lowest BCUT2D eigenvalue weighted by atomic mass is 9.99. The Morgan fingerprint density at radius 1 is 1.36 bits per heavy atom. The average molecular weight is 384 g/mol. The second kappa shape index (κ2) is 6.56. The van der Waals surface area contributed by atoms with Crippen LogP contribution in [-0.4, -0.2) is 33.1 Å². The van der Waals surface area contributed by atoms with E-state index in [1.807, 2.05) is 0 Å². The highest BCUT2D eigenvalue weighted by molar-refractivity contribution is 6.09. The number of fused-ring (bicyclic) bond motifs is 1. The van der Waals surface area contributed by atoms with Gasteiger partial charge in [-0.05, 0) is 44.4 Å².